The molecule has 5 heteroatoms. The first-order valence-corrected chi connectivity index (χ1v) is 8.92. The fourth-order valence-electron chi connectivity index (χ4n) is 3.35. The number of carbonyl (C=O) groups excluding carboxylic acids is 2. The van der Waals surface area contributed by atoms with Crippen molar-refractivity contribution in [3.05, 3.63) is 65.2 Å². The summed E-state index contributed by atoms with van der Waals surface area (Å²) >= 11 is 0. The summed E-state index contributed by atoms with van der Waals surface area (Å²) in [6.45, 7) is 3.00. The van der Waals surface area contributed by atoms with Crippen LogP contribution in [-0.2, 0) is 22.6 Å². The Balaban J connectivity index is 1.79. The third-order valence-electron chi connectivity index (χ3n) is 4.66. The van der Waals surface area contributed by atoms with E-state index in [0.717, 1.165) is 28.9 Å². The molecule has 0 unspecified atom stereocenters. The molecule has 0 saturated heterocycles. The molecule has 1 aliphatic rings. The topological polar surface area (TPSA) is 58.6 Å². The van der Waals surface area contributed by atoms with E-state index < -0.39 is 6.04 Å². The van der Waals surface area contributed by atoms with Crippen LogP contribution in [0.5, 0.6) is 5.75 Å². The smallest absolute Gasteiger partial charge is 0.247 e. The van der Waals surface area contributed by atoms with E-state index in [2.05, 4.69) is 5.32 Å². The van der Waals surface area contributed by atoms with Crippen molar-refractivity contribution < 1.29 is 14.3 Å². The van der Waals surface area contributed by atoms with Gasteiger partial charge in [-0.2, -0.15) is 0 Å². The minimum Gasteiger partial charge on any atom is -0.497 e. The molecule has 0 saturated carbocycles. The molecule has 26 heavy (non-hydrogen) atoms. The lowest BCUT2D eigenvalue weighted by molar-refractivity contribution is -0.141. The summed E-state index contributed by atoms with van der Waals surface area (Å²) in [6, 6.07) is 14.7. The van der Waals surface area contributed by atoms with Gasteiger partial charge in [-0.15, -0.1) is 0 Å². The Hall–Kier alpha value is -2.82. The highest BCUT2D eigenvalue weighted by atomic mass is 16.5. The Morgan fingerprint density at radius 3 is 2.62 bits per heavy atom. The maximum absolute atomic E-state index is 13.0. The zero-order valence-electron chi connectivity index (χ0n) is 15.2. The molecule has 2 aromatic carbocycles. The molecule has 5 nitrogen and oxygen atoms in total. The largest absolute Gasteiger partial charge is 0.497 e. The molecule has 3 rings (SSSR count). The number of carbonyl (C=O) groups is 2. The van der Waals surface area contributed by atoms with Crippen molar-refractivity contribution in [2.45, 2.75) is 32.4 Å². The van der Waals surface area contributed by atoms with Gasteiger partial charge in [0.05, 0.1) is 13.5 Å². The van der Waals surface area contributed by atoms with E-state index in [9.17, 15) is 9.59 Å². The number of nitrogens with one attached hydrogen (secondary N) is 1. The molecule has 1 N–H and O–H groups in total. The molecule has 2 aromatic rings. The van der Waals surface area contributed by atoms with Gasteiger partial charge in [0, 0.05) is 13.1 Å². The van der Waals surface area contributed by atoms with Gasteiger partial charge in [-0.25, -0.2) is 0 Å². The molecule has 136 valence electrons. The van der Waals surface area contributed by atoms with Crippen LogP contribution >= 0.6 is 0 Å². The third-order valence-corrected chi connectivity index (χ3v) is 4.66. The van der Waals surface area contributed by atoms with Crippen molar-refractivity contribution in [1.29, 1.82) is 0 Å². The van der Waals surface area contributed by atoms with Gasteiger partial charge in [0.15, 0.2) is 0 Å². The maximum Gasteiger partial charge on any atom is 0.247 e. The molecule has 0 aromatic heterocycles. The molecule has 1 heterocycles. The standard InChI is InChI=1S/C21H24N2O3/c1-3-12-23-19(24)13-16-6-4-5-7-18(16)20(23)21(25)22-14-15-8-10-17(26-2)11-9-15/h4-11,20H,3,12-14H2,1-2H3,(H,22,25)/t20-/m0/s1. The summed E-state index contributed by atoms with van der Waals surface area (Å²) in [5.74, 6) is 0.644. The van der Waals surface area contributed by atoms with Gasteiger partial charge < -0.3 is 15.0 Å². The average Bonchev–Trinajstić information content (AvgIpc) is 2.67. The monoisotopic (exact) mass is 352 g/mol. The zero-order chi connectivity index (χ0) is 18.5. The number of nitrogens with zero attached hydrogens (tertiary/aromatic N) is 1. The molecule has 2 amide bonds. The first kappa shape index (κ1) is 18.0. The van der Waals surface area contributed by atoms with Crippen molar-refractivity contribution in [3.8, 4) is 5.75 Å². The van der Waals surface area contributed by atoms with Crippen molar-refractivity contribution in [3.63, 3.8) is 0 Å². The molecule has 1 atom stereocenters. The van der Waals surface area contributed by atoms with E-state index in [1.54, 1.807) is 12.0 Å². The van der Waals surface area contributed by atoms with Crippen molar-refractivity contribution in [2.24, 2.45) is 0 Å². The number of amides is 2. The van der Waals surface area contributed by atoms with Crippen LogP contribution < -0.4 is 10.1 Å². The Labute approximate surface area is 154 Å². The number of hydrogen-bond donors (Lipinski definition) is 1. The van der Waals surface area contributed by atoms with Gasteiger partial charge in [-0.3, -0.25) is 9.59 Å². The summed E-state index contributed by atoms with van der Waals surface area (Å²) in [6.07, 6.45) is 1.18. The maximum atomic E-state index is 13.0. The van der Waals surface area contributed by atoms with E-state index in [1.807, 2.05) is 55.5 Å². The first-order valence-electron chi connectivity index (χ1n) is 8.92. The van der Waals surface area contributed by atoms with Crippen LogP contribution in [0, 0.1) is 0 Å². The van der Waals surface area contributed by atoms with Gasteiger partial charge in [0.1, 0.15) is 11.8 Å². The highest BCUT2D eigenvalue weighted by molar-refractivity contribution is 5.92. The van der Waals surface area contributed by atoms with Gasteiger partial charge in [-0.05, 0) is 35.2 Å². The fourth-order valence-corrected chi connectivity index (χ4v) is 3.35. The molecule has 0 radical (unpaired) electrons. The number of benzene rings is 2. The Kier molecular flexibility index (Phi) is 5.56. The SMILES string of the molecule is CCCN1C(=O)Cc2ccccc2[C@H]1C(=O)NCc1ccc(OC)cc1. The number of methoxy groups -OCH3 is 1. The lowest BCUT2D eigenvalue weighted by atomic mass is 9.91. The number of hydrogen-bond acceptors (Lipinski definition) is 3. The van der Waals surface area contributed by atoms with Gasteiger partial charge in [-0.1, -0.05) is 43.3 Å². The normalized spacial score (nSPS) is 16.2. The minimum atomic E-state index is -0.564. The second kappa shape index (κ2) is 8.04. The lowest BCUT2D eigenvalue weighted by Gasteiger charge is -2.36. The number of rotatable bonds is 6. The van der Waals surface area contributed by atoms with E-state index in [4.69, 9.17) is 4.74 Å². The van der Waals surface area contributed by atoms with Gasteiger partial charge >= 0.3 is 0 Å². The molecule has 0 fully saturated rings. The van der Waals surface area contributed by atoms with E-state index in [0.29, 0.717) is 19.5 Å². The summed E-state index contributed by atoms with van der Waals surface area (Å²) in [5, 5.41) is 2.98. The lowest BCUT2D eigenvalue weighted by Crippen LogP contribution is -2.47. The predicted molar refractivity (Wildman–Crippen MR) is 99.7 cm³/mol. The highest BCUT2D eigenvalue weighted by Crippen LogP contribution is 2.30. The Morgan fingerprint density at radius 1 is 1.19 bits per heavy atom. The quantitative estimate of drug-likeness (QED) is 0.870. The fraction of sp³-hybridized carbons (Fsp3) is 0.333. The van der Waals surface area contributed by atoms with Crippen LogP contribution in [0.2, 0.25) is 0 Å². The molecule has 1 aliphatic heterocycles. The Bertz CT molecular complexity index is 786. The molecule has 0 aliphatic carbocycles. The first-order chi connectivity index (χ1) is 12.6. The van der Waals surface area contributed by atoms with E-state index >= 15 is 0 Å². The van der Waals surface area contributed by atoms with Gasteiger partial charge in [0.2, 0.25) is 11.8 Å². The van der Waals surface area contributed by atoms with Crippen LogP contribution in [0.15, 0.2) is 48.5 Å². The molecule has 0 bridgehead atoms. The Morgan fingerprint density at radius 2 is 1.92 bits per heavy atom. The summed E-state index contributed by atoms with van der Waals surface area (Å²) in [4.78, 5) is 27.2. The highest BCUT2D eigenvalue weighted by Gasteiger charge is 2.36. The molecular formula is C21H24N2O3. The van der Waals surface area contributed by atoms with Crippen molar-refractivity contribution in [1.82, 2.24) is 10.2 Å². The van der Waals surface area contributed by atoms with E-state index in [-0.39, 0.29) is 11.8 Å². The van der Waals surface area contributed by atoms with Crippen LogP contribution in [0.3, 0.4) is 0 Å². The summed E-state index contributed by atoms with van der Waals surface area (Å²) in [7, 11) is 1.62. The number of ether oxygens (including phenoxy) is 1. The average molecular weight is 352 g/mol. The number of fused-ring (bicyclic) bond motifs is 1. The van der Waals surface area contributed by atoms with Crippen LogP contribution in [-0.4, -0.2) is 30.4 Å². The zero-order valence-corrected chi connectivity index (χ0v) is 15.2. The second-order valence-electron chi connectivity index (χ2n) is 6.43. The van der Waals surface area contributed by atoms with Crippen LogP contribution in [0.1, 0.15) is 36.1 Å². The predicted octanol–water partition coefficient (Wildman–Crippen LogP) is 2.85. The van der Waals surface area contributed by atoms with Crippen LogP contribution in [0.4, 0.5) is 0 Å². The minimum absolute atomic E-state index is 0.00940. The second-order valence-corrected chi connectivity index (χ2v) is 6.43. The molecular weight excluding hydrogens is 328 g/mol. The summed E-state index contributed by atoms with van der Waals surface area (Å²) < 4.78 is 5.15. The third kappa shape index (κ3) is 3.72. The van der Waals surface area contributed by atoms with Crippen molar-refractivity contribution >= 4 is 11.8 Å². The van der Waals surface area contributed by atoms with Crippen LogP contribution in [0.25, 0.3) is 0 Å². The van der Waals surface area contributed by atoms with Crippen molar-refractivity contribution in [2.75, 3.05) is 13.7 Å². The van der Waals surface area contributed by atoms with Gasteiger partial charge in [0.25, 0.3) is 0 Å². The molecule has 0 spiro atoms. The van der Waals surface area contributed by atoms with E-state index in [1.165, 1.54) is 0 Å². The summed E-state index contributed by atoms with van der Waals surface area (Å²) in [5.41, 5.74) is 2.85.